The molecule has 0 unspecified atom stereocenters. The molecule has 3 aromatic rings. The number of carbonyl (C=O) groups is 1. The number of rotatable bonds is 6. The highest BCUT2D eigenvalue weighted by atomic mass is 32.2. The number of fused-ring (bicyclic) bond motifs is 1. The van der Waals surface area contributed by atoms with Crippen LogP contribution in [-0.4, -0.2) is 36.3 Å². The fraction of sp³-hybridized carbons (Fsp3) is 0.364. The van der Waals surface area contributed by atoms with E-state index in [1.54, 1.807) is 12.1 Å². The monoisotopic (exact) mass is 477 g/mol. The summed E-state index contributed by atoms with van der Waals surface area (Å²) in [7, 11) is -3.62. The summed E-state index contributed by atoms with van der Waals surface area (Å²) in [5.41, 5.74) is 0.664. The number of carbonyl (C=O) groups excluding carboxylic acids is 1. The Labute approximate surface area is 189 Å². The van der Waals surface area contributed by atoms with Crippen molar-refractivity contribution in [2.45, 2.75) is 43.5 Å². The maximum absolute atomic E-state index is 13.7. The first-order chi connectivity index (χ1) is 15.4. The number of hydrogen-bond acceptors (Lipinski definition) is 5. The molecule has 0 radical (unpaired) electrons. The van der Waals surface area contributed by atoms with E-state index in [-0.39, 0.29) is 28.4 Å². The van der Waals surface area contributed by atoms with Crippen molar-refractivity contribution in [2.75, 3.05) is 18.4 Å². The van der Waals surface area contributed by atoms with Gasteiger partial charge in [0.25, 0.3) is 0 Å². The van der Waals surface area contributed by atoms with Gasteiger partial charge in [0, 0.05) is 26.1 Å². The van der Waals surface area contributed by atoms with Crippen LogP contribution in [0.2, 0.25) is 0 Å². The van der Waals surface area contributed by atoms with Crippen molar-refractivity contribution in [2.24, 2.45) is 0 Å². The van der Waals surface area contributed by atoms with E-state index in [1.807, 2.05) is 0 Å². The number of aromatic nitrogens is 1. The van der Waals surface area contributed by atoms with Gasteiger partial charge in [-0.2, -0.15) is 4.31 Å². The molecule has 170 valence electrons. The van der Waals surface area contributed by atoms with Crippen molar-refractivity contribution in [1.29, 1.82) is 0 Å². The van der Waals surface area contributed by atoms with Crippen LogP contribution >= 0.6 is 11.3 Å². The maximum atomic E-state index is 13.7. The first kappa shape index (κ1) is 22.6. The molecule has 2 aromatic carbocycles. The van der Waals surface area contributed by atoms with E-state index in [1.165, 1.54) is 39.2 Å². The van der Waals surface area contributed by atoms with Gasteiger partial charge in [0.2, 0.25) is 15.9 Å². The number of halogens is 1. The highest BCUT2D eigenvalue weighted by molar-refractivity contribution is 7.89. The number of thiazole rings is 1. The molecule has 1 N–H and O–H groups in total. The Balaban J connectivity index is 1.52. The second-order valence-electron chi connectivity index (χ2n) is 7.75. The molecule has 1 aliphatic heterocycles. The Hall–Kier alpha value is -2.56. The highest BCUT2D eigenvalue weighted by Gasteiger charge is 2.26. The third-order valence-electron chi connectivity index (χ3n) is 5.55. The Bertz CT molecular complexity index is 1290. The van der Waals surface area contributed by atoms with E-state index in [9.17, 15) is 22.4 Å². The molecule has 32 heavy (non-hydrogen) atoms. The SMILES string of the molecule is O=C(CCn1c(=O)sc2cc(S(=O)(=O)N3CCCCCC3)ccc21)Nc1ccccc1F. The lowest BCUT2D eigenvalue weighted by molar-refractivity contribution is -0.116. The number of sulfonamides is 1. The van der Waals surface area contributed by atoms with Gasteiger partial charge in [-0.3, -0.25) is 14.2 Å². The third-order valence-corrected chi connectivity index (χ3v) is 8.39. The minimum absolute atomic E-state index is 0.0199. The number of aryl methyl sites for hydroxylation is 1. The van der Waals surface area contributed by atoms with Gasteiger partial charge in [-0.25, -0.2) is 12.8 Å². The normalized spacial score (nSPS) is 15.5. The van der Waals surface area contributed by atoms with Crippen molar-refractivity contribution >= 4 is 43.2 Å². The van der Waals surface area contributed by atoms with Gasteiger partial charge < -0.3 is 5.32 Å². The van der Waals surface area contributed by atoms with Crippen molar-refractivity contribution < 1.29 is 17.6 Å². The van der Waals surface area contributed by atoms with Gasteiger partial charge in [-0.05, 0) is 43.2 Å². The zero-order valence-electron chi connectivity index (χ0n) is 17.4. The molecular weight excluding hydrogens is 453 g/mol. The van der Waals surface area contributed by atoms with E-state index in [0.717, 1.165) is 37.0 Å². The summed E-state index contributed by atoms with van der Waals surface area (Å²) in [6.07, 6.45) is 3.73. The quantitative estimate of drug-likeness (QED) is 0.585. The largest absolute Gasteiger partial charge is 0.324 e. The zero-order chi connectivity index (χ0) is 22.7. The molecule has 1 amide bonds. The van der Waals surface area contributed by atoms with Crippen molar-refractivity contribution in [3.8, 4) is 0 Å². The first-order valence-electron chi connectivity index (χ1n) is 10.5. The molecule has 2 heterocycles. The molecule has 0 aliphatic carbocycles. The van der Waals surface area contributed by atoms with Gasteiger partial charge in [-0.15, -0.1) is 0 Å². The van der Waals surface area contributed by atoms with E-state index >= 15 is 0 Å². The molecule has 0 saturated carbocycles. The van der Waals surface area contributed by atoms with Crippen molar-refractivity contribution in [3.05, 3.63) is 57.9 Å². The average Bonchev–Trinajstić information content (AvgIpc) is 2.93. The molecule has 1 fully saturated rings. The minimum atomic E-state index is -3.62. The molecule has 1 aromatic heterocycles. The number of nitrogens with one attached hydrogen (secondary N) is 1. The number of para-hydroxylation sites is 1. The Morgan fingerprint density at radius 3 is 2.50 bits per heavy atom. The zero-order valence-corrected chi connectivity index (χ0v) is 19.1. The number of amides is 1. The van der Waals surface area contributed by atoms with Crippen LogP contribution in [0.15, 0.2) is 52.2 Å². The average molecular weight is 478 g/mol. The summed E-state index contributed by atoms with van der Waals surface area (Å²) in [5.74, 6) is -0.946. The lowest BCUT2D eigenvalue weighted by atomic mass is 10.2. The van der Waals surface area contributed by atoms with Crippen LogP contribution in [0.25, 0.3) is 10.2 Å². The molecule has 1 saturated heterocycles. The van der Waals surface area contributed by atoms with Gasteiger partial charge >= 0.3 is 4.87 Å². The van der Waals surface area contributed by atoms with E-state index < -0.39 is 21.7 Å². The van der Waals surface area contributed by atoms with Crippen LogP contribution in [0.3, 0.4) is 0 Å². The van der Waals surface area contributed by atoms with Gasteiger partial charge in [0.1, 0.15) is 5.82 Å². The number of anilines is 1. The summed E-state index contributed by atoms with van der Waals surface area (Å²) < 4.78 is 43.3. The number of benzene rings is 2. The molecule has 0 bridgehead atoms. The fourth-order valence-electron chi connectivity index (χ4n) is 3.84. The maximum Gasteiger partial charge on any atom is 0.308 e. The third kappa shape index (κ3) is 4.77. The van der Waals surface area contributed by atoms with Gasteiger partial charge in [0.05, 0.1) is 20.8 Å². The summed E-state index contributed by atoms with van der Waals surface area (Å²) in [5, 5.41) is 2.50. The Kier molecular flexibility index (Phi) is 6.73. The molecular formula is C22H24FN3O4S2. The summed E-state index contributed by atoms with van der Waals surface area (Å²) in [6, 6.07) is 10.5. The summed E-state index contributed by atoms with van der Waals surface area (Å²) >= 11 is 0.951. The molecule has 1 aliphatic rings. The fourth-order valence-corrected chi connectivity index (χ4v) is 6.41. The van der Waals surface area contributed by atoms with Crippen LogP contribution in [0, 0.1) is 5.82 Å². The molecule has 10 heteroatoms. The lowest BCUT2D eigenvalue weighted by Gasteiger charge is -2.19. The number of hydrogen-bond donors (Lipinski definition) is 1. The van der Waals surface area contributed by atoms with E-state index in [0.29, 0.717) is 23.3 Å². The smallest absolute Gasteiger partial charge is 0.308 e. The second kappa shape index (κ2) is 9.51. The van der Waals surface area contributed by atoms with Crippen LogP contribution in [-0.2, 0) is 21.4 Å². The van der Waals surface area contributed by atoms with Crippen LogP contribution in [0.4, 0.5) is 10.1 Å². The van der Waals surface area contributed by atoms with Gasteiger partial charge in [-0.1, -0.05) is 36.3 Å². The first-order valence-corrected chi connectivity index (χ1v) is 12.8. The molecule has 4 rings (SSSR count). The van der Waals surface area contributed by atoms with Crippen LogP contribution < -0.4 is 10.2 Å². The predicted molar refractivity (Wildman–Crippen MR) is 123 cm³/mol. The molecule has 0 atom stereocenters. The van der Waals surface area contributed by atoms with Crippen LogP contribution in [0.1, 0.15) is 32.1 Å². The molecule has 7 nitrogen and oxygen atoms in total. The Morgan fingerprint density at radius 2 is 1.78 bits per heavy atom. The van der Waals surface area contributed by atoms with E-state index in [4.69, 9.17) is 0 Å². The topological polar surface area (TPSA) is 88.5 Å². The van der Waals surface area contributed by atoms with Crippen molar-refractivity contribution in [1.82, 2.24) is 8.87 Å². The van der Waals surface area contributed by atoms with E-state index in [2.05, 4.69) is 5.32 Å². The van der Waals surface area contributed by atoms with Gasteiger partial charge in [0.15, 0.2) is 0 Å². The lowest BCUT2D eigenvalue weighted by Crippen LogP contribution is -2.31. The highest BCUT2D eigenvalue weighted by Crippen LogP contribution is 2.26. The summed E-state index contributed by atoms with van der Waals surface area (Å²) in [4.78, 5) is 24.6. The second-order valence-corrected chi connectivity index (χ2v) is 10.7. The van der Waals surface area contributed by atoms with Crippen molar-refractivity contribution in [3.63, 3.8) is 0 Å². The molecule has 0 spiro atoms. The standard InChI is InChI=1S/C22H24FN3O4S2/c23-17-7-3-4-8-18(17)24-21(27)11-14-26-19-10-9-16(15-20(19)31-22(26)28)32(29,30)25-12-5-1-2-6-13-25/h3-4,7-10,15H,1-2,5-6,11-14H2,(H,24,27). The summed E-state index contributed by atoms with van der Waals surface area (Å²) in [6.45, 7) is 1.13. The number of nitrogens with zero attached hydrogens (tertiary/aromatic N) is 2. The van der Waals surface area contributed by atoms with Crippen LogP contribution in [0.5, 0.6) is 0 Å². The predicted octanol–water partition coefficient (Wildman–Crippen LogP) is 3.80. The minimum Gasteiger partial charge on any atom is -0.324 e. The Morgan fingerprint density at radius 1 is 1.06 bits per heavy atom.